The maximum Gasteiger partial charge on any atom is 0.137 e. The van der Waals surface area contributed by atoms with Crippen LogP contribution in [0.2, 0.25) is 5.02 Å². The minimum absolute atomic E-state index is 0.286. The molecule has 0 aliphatic carbocycles. The number of nitrogens with zero attached hydrogens (tertiary/aromatic N) is 2. The van der Waals surface area contributed by atoms with Crippen molar-refractivity contribution in [2.24, 2.45) is 5.92 Å². The summed E-state index contributed by atoms with van der Waals surface area (Å²) in [4.78, 5) is 16.8. The predicted molar refractivity (Wildman–Crippen MR) is 77.1 cm³/mol. The number of carboxylic acid groups (broad SMARTS) is 1. The number of carbonyl (C=O) groups excluding carboxylic acids is 1. The van der Waals surface area contributed by atoms with E-state index in [1.165, 1.54) is 4.90 Å². The molecule has 0 bridgehead atoms. The van der Waals surface area contributed by atoms with E-state index in [9.17, 15) is 9.90 Å². The summed E-state index contributed by atoms with van der Waals surface area (Å²) < 4.78 is 2.04. The summed E-state index contributed by atoms with van der Waals surface area (Å²) in [5.74, 6) is -1.20. The summed E-state index contributed by atoms with van der Waals surface area (Å²) in [5.41, 5.74) is 3.05. The fourth-order valence-corrected chi connectivity index (χ4v) is 3.23. The van der Waals surface area contributed by atoms with Crippen molar-refractivity contribution in [3.8, 4) is 0 Å². The van der Waals surface area contributed by atoms with Crippen molar-refractivity contribution in [2.75, 3.05) is 13.1 Å². The Morgan fingerprint density at radius 3 is 2.86 bits per heavy atom. The molecule has 1 aliphatic rings. The van der Waals surface area contributed by atoms with E-state index in [0.717, 1.165) is 36.7 Å². The quantitative estimate of drug-likeness (QED) is 0.857. The molecule has 112 valence electrons. The molecule has 3 heterocycles. The van der Waals surface area contributed by atoms with Gasteiger partial charge in [-0.15, -0.1) is 0 Å². The number of piperidine rings is 1. The lowest BCUT2D eigenvalue weighted by Crippen LogP contribution is -3.12. The molecule has 0 spiro atoms. The number of carboxylic acids is 1. The van der Waals surface area contributed by atoms with Gasteiger partial charge < -0.3 is 14.8 Å². The van der Waals surface area contributed by atoms with Gasteiger partial charge in [-0.3, -0.25) is 4.40 Å². The third-order valence-corrected chi connectivity index (χ3v) is 4.55. The monoisotopic (exact) mass is 307 g/mol. The lowest BCUT2D eigenvalue weighted by molar-refractivity contribution is -0.919. The number of hydrogen-bond donors (Lipinski definition) is 1. The summed E-state index contributed by atoms with van der Waals surface area (Å²) in [6.07, 6.45) is 3.27. The second-order valence-corrected chi connectivity index (χ2v) is 6.18. The van der Waals surface area contributed by atoms with Crippen LogP contribution in [0.5, 0.6) is 0 Å². The number of hydrogen-bond acceptors (Lipinski definition) is 3. The van der Waals surface area contributed by atoms with Crippen molar-refractivity contribution >= 4 is 23.2 Å². The number of rotatable bonds is 3. The summed E-state index contributed by atoms with van der Waals surface area (Å²) in [7, 11) is 0. The number of aromatic nitrogens is 2. The molecule has 0 amide bonds. The molecule has 2 aromatic heterocycles. The van der Waals surface area contributed by atoms with Crippen molar-refractivity contribution < 1.29 is 14.8 Å². The zero-order chi connectivity index (χ0) is 15.0. The minimum atomic E-state index is -0.910. The molecular formula is C15H18ClN3O2. The molecule has 0 unspecified atom stereocenters. The molecule has 0 radical (unpaired) electrons. The second-order valence-electron chi connectivity index (χ2n) is 5.74. The highest BCUT2D eigenvalue weighted by molar-refractivity contribution is 6.30. The first-order chi connectivity index (χ1) is 10.0. The number of fused-ring (bicyclic) bond motifs is 1. The molecule has 1 fully saturated rings. The predicted octanol–water partition coefficient (Wildman–Crippen LogP) is -0.159. The molecule has 1 aliphatic heterocycles. The van der Waals surface area contributed by atoms with Crippen molar-refractivity contribution in [3.63, 3.8) is 0 Å². The highest BCUT2D eigenvalue weighted by Crippen LogP contribution is 2.16. The van der Waals surface area contributed by atoms with Crippen molar-refractivity contribution in [1.29, 1.82) is 0 Å². The van der Waals surface area contributed by atoms with E-state index < -0.39 is 5.97 Å². The Balaban J connectivity index is 1.78. The standard InChI is InChI=1S/C15H18ClN3O2/c1-10-13(19-8-12(16)2-3-14(19)17-10)9-18-6-4-11(5-7-18)15(20)21/h2-3,8,11H,4-7,9H2,1H3,(H,20,21). The van der Waals surface area contributed by atoms with Crippen LogP contribution >= 0.6 is 11.6 Å². The number of pyridine rings is 1. The van der Waals surface area contributed by atoms with Gasteiger partial charge >= 0.3 is 0 Å². The Kier molecular flexibility index (Phi) is 3.87. The van der Waals surface area contributed by atoms with E-state index >= 15 is 0 Å². The highest BCUT2D eigenvalue weighted by Gasteiger charge is 2.24. The maximum atomic E-state index is 10.9. The highest BCUT2D eigenvalue weighted by atomic mass is 35.5. The molecular weight excluding hydrogens is 290 g/mol. The van der Waals surface area contributed by atoms with E-state index in [1.807, 2.05) is 29.7 Å². The van der Waals surface area contributed by atoms with Gasteiger partial charge in [-0.1, -0.05) is 11.6 Å². The van der Waals surface area contributed by atoms with E-state index in [1.54, 1.807) is 0 Å². The third-order valence-electron chi connectivity index (χ3n) is 4.33. The lowest BCUT2D eigenvalue weighted by Gasteiger charge is -2.29. The van der Waals surface area contributed by atoms with Crippen LogP contribution in [0.1, 0.15) is 24.2 Å². The molecule has 0 saturated carbocycles. The first-order valence-corrected chi connectivity index (χ1v) is 7.60. The van der Waals surface area contributed by atoms with Gasteiger partial charge in [-0.25, -0.2) is 4.98 Å². The fourth-order valence-electron chi connectivity index (χ4n) is 3.07. The summed E-state index contributed by atoms with van der Waals surface area (Å²) in [6, 6.07) is 3.75. The Morgan fingerprint density at radius 2 is 2.19 bits per heavy atom. The van der Waals surface area contributed by atoms with Crippen LogP contribution in [0.4, 0.5) is 0 Å². The zero-order valence-corrected chi connectivity index (χ0v) is 12.7. The maximum absolute atomic E-state index is 10.9. The minimum Gasteiger partial charge on any atom is -0.550 e. The normalized spacial score (nSPS) is 22.6. The van der Waals surface area contributed by atoms with E-state index in [-0.39, 0.29) is 5.92 Å². The van der Waals surface area contributed by atoms with Crippen LogP contribution in [-0.4, -0.2) is 28.4 Å². The molecule has 21 heavy (non-hydrogen) atoms. The molecule has 3 rings (SSSR count). The van der Waals surface area contributed by atoms with E-state index in [2.05, 4.69) is 4.98 Å². The van der Waals surface area contributed by atoms with E-state index in [0.29, 0.717) is 17.9 Å². The van der Waals surface area contributed by atoms with Gasteiger partial charge in [0, 0.05) is 30.9 Å². The molecule has 6 heteroatoms. The number of carbonyl (C=O) groups is 1. The van der Waals surface area contributed by atoms with Gasteiger partial charge in [0.15, 0.2) is 0 Å². The van der Waals surface area contributed by atoms with Crippen LogP contribution in [0.3, 0.4) is 0 Å². The molecule has 2 aromatic rings. The third kappa shape index (κ3) is 2.89. The van der Waals surface area contributed by atoms with Crippen LogP contribution in [0.15, 0.2) is 18.3 Å². The largest absolute Gasteiger partial charge is 0.550 e. The molecule has 1 N–H and O–H groups in total. The first-order valence-electron chi connectivity index (χ1n) is 7.22. The summed E-state index contributed by atoms with van der Waals surface area (Å²) in [6.45, 7) is 4.55. The van der Waals surface area contributed by atoms with Gasteiger partial charge in [0.1, 0.15) is 12.2 Å². The summed E-state index contributed by atoms with van der Waals surface area (Å²) in [5, 5.41) is 11.6. The number of aryl methyl sites for hydroxylation is 1. The number of nitrogens with one attached hydrogen (secondary N) is 1. The van der Waals surface area contributed by atoms with Crippen molar-refractivity contribution in [2.45, 2.75) is 26.3 Å². The molecule has 0 atom stereocenters. The number of halogens is 1. The van der Waals surface area contributed by atoms with Gasteiger partial charge in [0.2, 0.25) is 0 Å². The van der Waals surface area contributed by atoms with Gasteiger partial charge in [0.25, 0.3) is 0 Å². The Labute approximate surface area is 128 Å². The number of likely N-dealkylation sites (tertiary alicyclic amines) is 1. The Bertz CT molecular complexity index is 675. The van der Waals surface area contributed by atoms with E-state index in [4.69, 9.17) is 11.6 Å². The summed E-state index contributed by atoms with van der Waals surface area (Å²) >= 11 is 6.07. The van der Waals surface area contributed by atoms with Crippen molar-refractivity contribution in [1.82, 2.24) is 9.38 Å². The average Bonchev–Trinajstić information content (AvgIpc) is 2.76. The Hall–Kier alpha value is -1.59. The molecule has 5 nitrogen and oxygen atoms in total. The van der Waals surface area contributed by atoms with Gasteiger partial charge in [-0.2, -0.15) is 0 Å². The van der Waals surface area contributed by atoms with Gasteiger partial charge in [-0.05, 0) is 19.1 Å². The van der Waals surface area contributed by atoms with Crippen LogP contribution in [0.25, 0.3) is 5.65 Å². The Morgan fingerprint density at radius 1 is 1.48 bits per heavy atom. The molecule has 0 aromatic carbocycles. The zero-order valence-electron chi connectivity index (χ0n) is 11.9. The van der Waals surface area contributed by atoms with Crippen LogP contribution in [0, 0.1) is 12.8 Å². The second kappa shape index (κ2) is 5.66. The van der Waals surface area contributed by atoms with Gasteiger partial charge in [0.05, 0.1) is 29.5 Å². The fraction of sp³-hybridized carbons (Fsp3) is 0.467. The number of imidazole rings is 1. The first kappa shape index (κ1) is 14.4. The lowest BCUT2D eigenvalue weighted by atomic mass is 9.97. The number of quaternary nitrogens is 1. The van der Waals surface area contributed by atoms with Crippen LogP contribution < -0.4 is 10.0 Å². The average molecular weight is 308 g/mol. The smallest absolute Gasteiger partial charge is 0.137 e. The topological polar surface area (TPSA) is 61.9 Å². The molecule has 1 saturated heterocycles. The van der Waals surface area contributed by atoms with Crippen LogP contribution in [-0.2, 0) is 11.3 Å². The number of aliphatic carboxylic acids is 1. The van der Waals surface area contributed by atoms with Crippen molar-refractivity contribution in [3.05, 3.63) is 34.7 Å². The SMILES string of the molecule is Cc1nc2ccc(Cl)cn2c1C[NH+]1CCC(C(=O)[O-])CC1.